The van der Waals surface area contributed by atoms with Gasteiger partial charge in [-0.3, -0.25) is 19.3 Å². The van der Waals surface area contributed by atoms with Gasteiger partial charge in [-0.15, -0.1) is 0 Å². The first-order chi connectivity index (χ1) is 29.1. The van der Waals surface area contributed by atoms with Crippen LogP contribution in [0.1, 0.15) is 60.2 Å². The fraction of sp³-hybridized carbons (Fsp3) is 0.786. The molecule has 0 fully saturated rings. The zero-order chi connectivity index (χ0) is 42.3. The van der Waals surface area contributed by atoms with E-state index in [1.807, 2.05) is 6.92 Å². The molecule has 17 heteroatoms. The van der Waals surface area contributed by atoms with E-state index in [2.05, 4.69) is 6.92 Å². The molecule has 0 saturated carbocycles. The Morgan fingerprint density at radius 2 is 0.746 bits per heavy atom. The Morgan fingerprint density at radius 1 is 0.458 bits per heavy atom. The van der Waals surface area contributed by atoms with Gasteiger partial charge in [-0.05, 0) is 25.0 Å². The van der Waals surface area contributed by atoms with Crippen molar-refractivity contribution in [2.75, 3.05) is 172 Å². The number of esters is 1. The number of imide groups is 1. The lowest BCUT2D eigenvalue weighted by Gasteiger charge is -2.13. The summed E-state index contributed by atoms with van der Waals surface area (Å²) < 4.78 is 71.1. The highest BCUT2D eigenvalue weighted by molar-refractivity contribution is 6.21. The van der Waals surface area contributed by atoms with Crippen molar-refractivity contribution >= 4 is 17.8 Å². The van der Waals surface area contributed by atoms with Gasteiger partial charge >= 0.3 is 5.97 Å². The Bertz CT molecular complexity index is 1140. The van der Waals surface area contributed by atoms with Crippen LogP contribution in [0.3, 0.4) is 0 Å². The highest BCUT2D eigenvalue weighted by atomic mass is 16.6. The summed E-state index contributed by atoms with van der Waals surface area (Å²) in [6.07, 6.45) is 3.81. The molecular weight excluding hydrogens is 774 g/mol. The number of ether oxygens (including phenoxy) is 13. The molecule has 0 aromatic heterocycles. The Kier molecular flexibility index (Phi) is 34.1. The van der Waals surface area contributed by atoms with Crippen LogP contribution in [0, 0.1) is 5.92 Å². The number of hydrogen-bond donors (Lipinski definition) is 0. The summed E-state index contributed by atoms with van der Waals surface area (Å²) in [7, 11) is 0. The molecule has 0 bridgehead atoms. The van der Waals surface area contributed by atoms with Crippen LogP contribution in [0.5, 0.6) is 0 Å². The summed E-state index contributed by atoms with van der Waals surface area (Å²) in [6, 6.07) is 6.81. The minimum Gasteiger partial charge on any atom is -0.463 e. The third-order valence-electron chi connectivity index (χ3n) is 8.63. The predicted molar refractivity (Wildman–Crippen MR) is 216 cm³/mol. The Hall–Kier alpha value is -2.65. The molecule has 0 spiro atoms. The zero-order valence-electron chi connectivity index (χ0n) is 35.6. The number of carbonyl (C=O) groups excluding carboxylic acids is 3. The van der Waals surface area contributed by atoms with Gasteiger partial charge in [0, 0.05) is 0 Å². The van der Waals surface area contributed by atoms with Crippen LogP contribution >= 0.6 is 0 Å². The SMILES string of the molecule is CCCCC(CC)C(=O)OCCOCCOCCOCCOCCOCCOCCOCCOCCOCCOCCOCCOCCN1C(=O)c2ccccc2C1=O. The molecule has 17 nitrogen and oxygen atoms in total. The van der Waals surface area contributed by atoms with Gasteiger partial charge < -0.3 is 61.6 Å². The molecule has 1 aliphatic heterocycles. The number of rotatable bonds is 44. The average molecular weight is 846 g/mol. The third kappa shape index (κ3) is 27.0. The quantitative estimate of drug-likeness (QED) is 0.0532. The highest BCUT2D eigenvalue weighted by Crippen LogP contribution is 2.22. The first-order valence-electron chi connectivity index (χ1n) is 21.1. The summed E-state index contributed by atoms with van der Waals surface area (Å²) in [4.78, 5) is 37.9. The van der Waals surface area contributed by atoms with E-state index in [-0.39, 0.29) is 43.5 Å². The van der Waals surface area contributed by atoms with E-state index in [1.165, 1.54) is 4.90 Å². The molecule has 1 aromatic carbocycles. The lowest BCUT2D eigenvalue weighted by Crippen LogP contribution is -2.33. The van der Waals surface area contributed by atoms with Gasteiger partial charge in [-0.25, -0.2) is 0 Å². The van der Waals surface area contributed by atoms with E-state index in [0.717, 1.165) is 25.7 Å². The molecule has 0 N–H and O–H groups in total. The predicted octanol–water partition coefficient (Wildman–Crippen LogP) is 3.24. The fourth-order valence-corrected chi connectivity index (χ4v) is 5.38. The average Bonchev–Trinajstić information content (AvgIpc) is 3.49. The van der Waals surface area contributed by atoms with Gasteiger partial charge in [-0.2, -0.15) is 0 Å². The van der Waals surface area contributed by atoms with Crippen molar-refractivity contribution in [1.29, 1.82) is 0 Å². The second kappa shape index (κ2) is 38.3. The molecule has 2 rings (SSSR count). The van der Waals surface area contributed by atoms with Crippen LogP contribution in [-0.2, 0) is 66.4 Å². The highest BCUT2D eigenvalue weighted by Gasteiger charge is 2.34. The molecule has 0 aliphatic carbocycles. The number of fused-ring (bicyclic) bond motifs is 1. The fourth-order valence-electron chi connectivity index (χ4n) is 5.38. The number of carbonyl (C=O) groups is 3. The minimum absolute atomic E-state index is 0.0118. The van der Waals surface area contributed by atoms with E-state index >= 15 is 0 Å². The molecule has 1 aromatic rings. The molecule has 1 unspecified atom stereocenters. The summed E-state index contributed by atoms with van der Waals surface area (Å²) in [6.45, 7) is 15.3. The second-order valence-corrected chi connectivity index (χ2v) is 13.1. The molecule has 0 radical (unpaired) electrons. The van der Waals surface area contributed by atoms with Crippen LogP contribution in [-0.4, -0.2) is 194 Å². The van der Waals surface area contributed by atoms with Gasteiger partial charge in [0.05, 0.1) is 182 Å². The van der Waals surface area contributed by atoms with E-state index in [4.69, 9.17) is 61.6 Å². The van der Waals surface area contributed by atoms with Crippen molar-refractivity contribution < 1.29 is 76.0 Å². The van der Waals surface area contributed by atoms with Crippen LogP contribution in [0.2, 0.25) is 0 Å². The lowest BCUT2D eigenvalue weighted by atomic mass is 10.00. The van der Waals surface area contributed by atoms with Crippen LogP contribution < -0.4 is 0 Å². The van der Waals surface area contributed by atoms with E-state index in [1.54, 1.807) is 24.3 Å². The summed E-state index contributed by atoms with van der Waals surface area (Å²) in [5.74, 6) is -0.701. The Labute approximate surface area is 350 Å². The van der Waals surface area contributed by atoms with Crippen LogP contribution in [0.15, 0.2) is 24.3 Å². The topological polar surface area (TPSA) is 174 Å². The van der Waals surface area contributed by atoms with Crippen LogP contribution in [0.4, 0.5) is 0 Å². The van der Waals surface area contributed by atoms with Crippen molar-refractivity contribution in [3.8, 4) is 0 Å². The van der Waals surface area contributed by atoms with Gasteiger partial charge in [0.2, 0.25) is 0 Å². The normalized spacial score (nSPS) is 13.1. The minimum atomic E-state index is -0.281. The van der Waals surface area contributed by atoms with Gasteiger partial charge in [0.1, 0.15) is 6.61 Å². The number of benzene rings is 1. The summed E-state index contributed by atoms with van der Waals surface area (Å²) >= 11 is 0. The molecular formula is C42H71NO16. The van der Waals surface area contributed by atoms with Gasteiger partial charge in [-0.1, -0.05) is 38.8 Å². The Morgan fingerprint density at radius 3 is 1.03 bits per heavy atom. The lowest BCUT2D eigenvalue weighted by molar-refractivity contribution is -0.150. The van der Waals surface area contributed by atoms with E-state index in [9.17, 15) is 14.4 Å². The molecule has 1 heterocycles. The van der Waals surface area contributed by atoms with Crippen LogP contribution in [0.25, 0.3) is 0 Å². The smallest absolute Gasteiger partial charge is 0.308 e. The standard InChI is InChI=1S/C42H71NO16/c1-3-5-8-37(4-2)42(46)59-36-35-58-34-33-57-32-31-56-30-29-55-28-27-54-26-25-53-24-23-52-22-21-51-20-19-50-18-17-49-16-15-48-14-13-47-12-11-43-40(44)38-9-6-7-10-39(38)41(43)45/h6-7,9-10,37H,3-5,8,11-36H2,1-2H3. The van der Waals surface area contributed by atoms with Crippen molar-refractivity contribution in [2.24, 2.45) is 5.92 Å². The molecule has 1 aliphatic rings. The number of unbranched alkanes of at least 4 members (excludes halogenated alkanes) is 1. The van der Waals surface area contributed by atoms with Gasteiger partial charge in [0.15, 0.2) is 0 Å². The first kappa shape index (κ1) is 52.5. The molecule has 2 amide bonds. The number of hydrogen-bond acceptors (Lipinski definition) is 16. The maximum absolute atomic E-state index is 12.3. The number of nitrogens with zero attached hydrogens (tertiary/aromatic N) is 1. The molecule has 59 heavy (non-hydrogen) atoms. The van der Waals surface area contributed by atoms with E-state index in [0.29, 0.717) is 163 Å². The maximum atomic E-state index is 12.3. The number of amides is 2. The third-order valence-corrected chi connectivity index (χ3v) is 8.63. The Balaban J connectivity index is 1.16. The maximum Gasteiger partial charge on any atom is 0.308 e. The largest absolute Gasteiger partial charge is 0.463 e. The van der Waals surface area contributed by atoms with Crippen molar-refractivity contribution in [3.63, 3.8) is 0 Å². The van der Waals surface area contributed by atoms with Crippen molar-refractivity contribution in [3.05, 3.63) is 35.4 Å². The van der Waals surface area contributed by atoms with Gasteiger partial charge in [0.25, 0.3) is 11.8 Å². The van der Waals surface area contributed by atoms with E-state index < -0.39 is 0 Å². The molecule has 1 atom stereocenters. The van der Waals surface area contributed by atoms with Crippen molar-refractivity contribution in [1.82, 2.24) is 4.90 Å². The second-order valence-electron chi connectivity index (χ2n) is 13.1. The monoisotopic (exact) mass is 845 g/mol. The first-order valence-corrected chi connectivity index (χ1v) is 21.1. The zero-order valence-corrected chi connectivity index (χ0v) is 35.6. The van der Waals surface area contributed by atoms with Crippen molar-refractivity contribution in [2.45, 2.75) is 39.5 Å². The molecule has 0 saturated heterocycles. The summed E-state index contributed by atoms with van der Waals surface area (Å²) in [5, 5.41) is 0. The molecule has 340 valence electrons. The summed E-state index contributed by atoms with van der Waals surface area (Å²) in [5.41, 5.74) is 0.877.